The second kappa shape index (κ2) is 4.46. The van der Waals surface area contributed by atoms with Crippen LogP contribution in [0.2, 0.25) is 0 Å². The van der Waals surface area contributed by atoms with Gasteiger partial charge in [0.05, 0.1) is 5.56 Å². The van der Waals surface area contributed by atoms with Gasteiger partial charge in [-0.05, 0) is 11.4 Å². The first-order chi connectivity index (χ1) is 8.03. The minimum atomic E-state index is -1.68. The van der Waals surface area contributed by atoms with E-state index in [4.69, 9.17) is 5.11 Å². The third-order valence-corrected chi connectivity index (χ3v) is 3.73. The molecule has 1 aromatic heterocycles. The highest BCUT2D eigenvalue weighted by molar-refractivity contribution is 7.08. The van der Waals surface area contributed by atoms with Crippen molar-refractivity contribution in [3.8, 4) is 0 Å². The van der Waals surface area contributed by atoms with Gasteiger partial charge in [-0.25, -0.2) is 4.79 Å². The van der Waals surface area contributed by atoms with Crippen molar-refractivity contribution in [1.29, 1.82) is 0 Å². The van der Waals surface area contributed by atoms with E-state index in [1.165, 1.54) is 11.3 Å². The zero-order chi connectivity index (χ0) is 12.5. The second-order valence-corrected chi connectivity index (χ2v) is 4.92. The van der Waals surface area contributed by atoms with Crippen LogP contribution in [0, 0.1) is 0 Å². The third kappa shape index (κ3) is 2.32. The van der Waals surface area contributed by atoms with E-state index in [0.717, 1.165) is 0 Å². The maximum atomic E-state index is 11.9. The summed E-state index contributed by atoms with van der Waals surface area (Å²) in [4.78, 5) is 24.4. The molecular weight excluding hydrogens is 242 g/mol. The zero-order valence-electron chi connectivity index (χ0n) is 9.13. The summed E-state index contributed by atoms with van der Waals surface area (Å²) in [5, 5.41) is 22.2. The molecule has 0 aromatic carbocycles. The van der Waals surface area contributed by atoms with Crippen LogP contribution >= 0.6 is 11.3 Å². The molecule has 1 aliphatic heterocycles. The van der Waals surface area contributed by atoms with Crippen molar-refractivity contribution in [2.45, 2.75) is 18.4 Å². The van der Waals surface area contributed by atoms with Crippen molar-refractivity contribution in [1.82, 2.24) is 4.90 Å². The van der Waals surface area contributed by atoms with E-state index >= 15 is 0 Å². The summed E-state index contributed by atoms with van der Waals surface area (Å²) in [6, 6.07) is 1.74. The number of aliphatic hydroxyl groups is 1. The number of carboxylic acid groups (broad SMARTS) is 1. The summed E-state index contributed by atoms with van der Waals surface area (Å²) in [7, 11) is 0. The number of carbonyl (C=O) groups is 2. The molecule has 0 spiro atoms. The van der Waals surface area contributed by atoms with E-state index in [1.54, 1.807) is 16.3 Å². The summed E-state index contributed by atoms with van der Waals surface area (Å²) in [6.07, 6.45) is 0.163. The van der Waals surface area contributed by atoms with E-state index in [1.807, 2.05) is 5.38 Å². The minimum Gasteiger partial charge on any atom is -0.479 e. The predicted octanol–water partition coefficient (Wildman–Crippen LogP) is 0.800. The molecule has 1 aliphatic rings. The first-order valence-electron chi connectivity index (χ1n) is 5.30. The molecule has 1 saturated heterocycles. The quantitative estimate of drug-likeness (QED) is 0.819. The number of carbonyl (C=O) groups excluding carboxylic acids is 1. The molecule has 0 radical (unpaired) electrons. The smallest absolute Gasteiger partial charge is 0.335 e. The molecule has 2 N–H and O–H groups in total. The van der Waals surface area contributed by atoms with Crippen molar-refractivity contribution < 1.29 is 19.8 Å². The van der Waals surface area contributed by atoms with E-state index < -0.39 is 11.6 Å². The third-order valence-electron chi connectivity index (χ3n) is 3.04. The standard InChI is InChI=1S/C11H13NO4S/c13-9(8-1-6-17-7-8)12-4-2-11(16,3-5-12)10(14)15/h1,6-7,16H,2-5H2,(H,14,15). The summed E-state index contributed by atoms with van der Waals surface area (Å²) in [5.74, 6) is -1.31. The lowest BCUT2D eigenvalue weighted by Crippen LogP contribution is -2.50. The normalized spacial score (nSPS) is 19.0. The highest BCUT2D eigenvalue weighted by atomic mass is 32.1. The Kier molecular flexibility index (Phi) is 3.17. The fraction of sp³-hybridized carbons (Fsp3) is 0.455. The number of rotatable bonds is 2. The van der Waals surface area contributed by atoms with Crippen LogP contribution < -0.4 is 0 Å². The molecule has 0 bridgehead atoms. The van der Waals surface area contributed by atoms with Crippen LogP contribution in [0.15, 0.2) is 16.8 Å². The summed E-state index contributed by atoms with van der Waals surface area (Å²) in [5.41, 5.74) is -1.05. The average Bonchev–Trinajstić information content (AvgIpc) is 2.82. The van der Waals surface area contributed by atoms with Gasteiger partial charge in [-0.1, -0.05) is 0 Å². The molecule has 92 valence electrons. The molecular formula is C11H13NO4S. The Morgan fingerprint density at radius 2 is 2.00 bits per heavy atom. The molecule has 6 heteroatoms. The number of nitrogens with zero attached hydrogens (tertiary/aromatic N) is 1. The number of hydrogen-bond acceptors (Lipinski definition) is 4. The first-order valence-corrected chi connectivity index (χ1v) is 6.24. The molecule has 0 saturated carbocycles. The summed E-state index contributed by atoms with van der Waals surface area (Å²) < 4.78 is 0. The van der Waals surface area contributed by atoms with Gasteiger partial charge in [-0.3, -0.25) is 4.79 Å². The molecule has 1 amide bonds. The predicted molar refractivity (Wildman–Crippen MR) is 62.0 cm³/mol. The average molecular weight is 255 g/mol. The van der Waals surface area contributed by atoms with Gasteiger partial charge < -0.3 is 15.1 Å². The summed E-state index contributed by atoms with van der Waals surface area (Å²) in [6.45, 7) is 0.551. The van der Waals surface area contributed by atoms with Crippen LogP contribution in [0.4, 0.5) is 0 Å². The van der Waals surface area contributed by atoms with E-state index in [2.05, 4.69) is 0 Å². The van der Waals surface area contributed by atoms with Gasteiger partial charge in [0.15, 0.2) is 5.60 Å². The van der Waals surface area contributed by atoms with Crippen molar-refractivity contribution >= 4 is 23.2 Å². The lowest BCUT2D eigenvalue weighted by atomic mass is 9.91. The highest BCUT2D eigenvalue weighted by Crippen LogP contribution is 2.23. The fourth-order valence-corrected chi connectivity index (χ4v) is 2.49. The van der Waals surface area contributed by atoms with Crippen LogP contribution in [0.1, 0.15) is 23.2 Å². The van der Waals surface area contributed by atoms with Gasteiger partial charge in [0.2, 0.25) is 0 Å². The SMILES string of the molecule is O=C(c1ccsc1)N1CCC(O)(C(=O)O)CC1. The van der Waals surface area contributed by atoms with Gasteiger partial charge in [-0.15, -0.1) is 0 Å². The number of amides is 1. The number of likely N-dealkylation sites (tertiary alicyclic amines) is 1. The molecule has 1 aromatic rings. The Hall–Kier alpha value is -1.40. The molecule has 0 aliphatic carbocycles. The van der Waals surface area contributed by atoms with Crippen LogP contribution in [-0.4, -0.2) is 45.7 Å². The number of aliphatic carboxylic acids is 1. The van der Waals surface area contributed by atoms with Crippen LogP contribution in [0.3, 0.4) is 0 Å². The van der Waals surface area contributed by atoms with Crippen LogP contribution in [0.5, 0.6) is 0 Å². The van der Waals surface area contributed by atoms with E-state index in [9.17, 15) is 14.7 Å². The van der Waals surface area contributed by atoms with Gasteiger partial charge in [0.25, 0.3) is 5.91 Å². The lowest BCUT2D eigenvalue weighted by molar-refractivity contribution is -0.162. The van der Waals surface area contributed by atoms with Gasteiger partial charge >= 0.3 is 5.97 Å². The van der Waals surface area contributed by atoms with Gasteiger partial charge in [-0.2, -0.15) is 11.3 Å². The Morgan fingerprint density at radius 3 is 2.47 bits per heavy atom. The fourth-order valence-electron chi connectivity index (χ4n) is 1.86. The number of carboxylic acids is 1. The molecule has 0 atom stereocenters. The van der Waals surface area contributed by atoms with Gasteiger partial charge in [0.1, 0.15) is 0 Å². The Bertz CT molecular complexity index is 421. The Labute approximate surface area is 102 Å². The molecule has 1 fully saturated rings. The van der Waals surface area contributed by atoms with Crippen molar-refractivity contribution in [3.63, 3.8) is 0 Å². The maximum Gasteiger partial charge on any atom is 0.335 e. The van der Waals surface area contributed by atoms with E-state index in [-0.39, 0.29) is 31.8 Å². The van der Waals surface area contributed by atoms with Crippen molar-refractivity contribution in [2.75, 3.05) is 13.1 Å². The van der Waals surface area contributed by atoms with E-state index in [0.29, 0.717) is 5.56 Å². The highest BCUT2D eigenvalue weighted by Gasteiger charge is 2.40. The Morgan fingerprint density at radius 1 is 1.35 bits per heavy atom. The topological polar surface area (TPSA) is 77.8 Å². The number of hydrogen-bond donors (Lipinski definition) is 2. The largest absolute Gasteiger partial charge is 0.479 e. The molecule has 17 heavy (non-hydrogen) atoms. The molecule has 0 unspecified atom stereocenters. The van der Waals surface area contributed by atoms with Crippen LogP contribution in [-0.2, 0) is 4.79 Å². The zero-order valence-corrected chi connectivity index (χ0v) is 9.94. The molecule has 2 rings (SSSR count). The molecule has 2 heterocycles. The van der Waals surface area contributed by atoms with Gasteiger partial charge in [0, 0.05) is 31.3 Å². The molecule has 5 nitrogen and oxygen atoms in total. The lowest BCUT2D eigenvalue weighted by Gasteiger charge is -2.35. The first kappa shape index (κ1) is 12.1. The van der Waals surface area contributed by atoms with Crippen molar-refractivity contribution in [2.24, 2.45) is 0 Å². The monoisotopic (exact) mass is 255 g/mol. The van der Waals surface area contributed by atoms with Crippen LogP contribution in [0.25, 0.3) is 0 Å². The number of piperidine rings is 1. The minimum absolute atomic E-state index is 0.0816. The maximum absolute atomic E-state index is 11.9. The second-order valence-electron chi connectivity index (χ2n) is 4.14. The summed E-state index contributed by atoms with van der Waals surface area (Å²) >= 11 is 1.45. The van der Waals surface area contributed by atoms with Crippen molar-refractivity contribution in [3.05, 3.63) is 22.4 Å². The number of thiophene rings is 1. The Balaban J connectivity index is 2.00.